The average Bonchev–Trinajstić information content (AvgIpc) is 2.17. The molecule has 0 atom stereocenters. The number of hydrogen-bond acceptors (Lipinski definition) is 3. The molecule has 82 valence electrons. The topological polar surface area (TPSA) is 44.5 Å². The van der Waals surface area contributed by atoms with Crippen LogP contribution in [-0.2, 0) is 4.74 Å². The third-order valence-corrected chi connectivity index (χ3v) is 2.64. The Kier molecular flexibility index (Phi) is 5.01. The van der Waals surface area contributed by atoms with Crippen molar-refractivity contribution < 1.29 is 9.47 Å². The van der Waals surface area contributed by atoms with Crippen molar-refractivity contribution >= 4 is 33.1 Å². The molecule has 1 rings (SSSR count). The molecule has 15 heavy (non-hydrogen) atoms. The van der Waals surface area contributed by atoms with E-state index in [1.807, 2.05) is 18.2 Å². The van der Waals surface area contributed by atoms with Crippen LogP contribution in [0.1, 0.15) is 5.56 Å². The van der Waals surface area contributed by atoms with Gasteiger partial charge in [0.25, 0.3) is 0 Å². The summed E-state index contributed by atoms with van der Waals surface area (Å²) < 4.78 is 11.1. The molecule has 0 spiro atoms. The lowest BCUT2D eigenvalue weighted by Crippen LogP contribution is -2.10. The van der Waals surface area contributed by atoms with Crippen LogP contribution < -0.4 is 10.5 Å². The van der Waals surface area contributed by atoms with Gasteiger partial charge in [-0.05, 0) is 34.1 Å². The van der Waals surface area contributed by atoms with Crippen molar-refractivity contribution in [2.75, 3.05) is 20.3 Å². The number of rotatable bonds is 5. The molecule has 1 aromatic rings. The van der Waals surface area contributed by atoms with Crippen molar-refractivity contribution in [3.8, 4) is 5.75 Å². The second-order valence-corrected chi connectivity index (χ2v) is 4.14. The molecule has 5 heteroatoms. The molecule has 0 saturated heterocycles. The Labute approximate surface area is 103 Å². The first-order valence-electron chi connectivity index (χ1n) is 4.36. The van der Waals surface area contributed by atoms with Gasteiger partial charge in [-0.3, -0.25) is 0 Å². The van der Waals surface area contributed by atoms with Crippen LogP contribution >= 0.6 is 28.1 Å². The fourth-order valence-corrected chi connectivity index (χ4v) is 1.91. The molecule has 2 N–H and O–H groups in total. The van der Waals surface area contributed by atoms with Gasteiger partial charge in [0.15, 0.2) is 0 Å². The summed E-state index contributed by atoms with van der Waals surface area (Å²) >= 11 is 8.26. The highest BCUT2D eigenvalue weighted by atomic mass is 79.9. The van der Waals surface area contributed by atoms with E-state index < -0.39 is 0 Å². The van der Waals surface area contributed by atoms with Gasteiger partial charge in [0.2, 0.25) is 0 Å². The lowest BCUT2D eigenvalue weighted by atomic mass is 10.2. The van der Waals surface area contributed by atoms with Crippen LogP contribution in [0.25, 0.3) is 0 Å². The SMILES string of the molecule is COCCOc1ccc(C(N)=S)c(Br)c1. The molecule has 0 aliphatic heterocycles. The molecule has 0 unspecified atom stereocenters. The molecule has 0 aliphatic rings. The summed E-state index contributed by atoms with van der Waals surface area (Å²) in [5.41, 5.74) is 6.34. The lowest BCUT2D eigenvalue weighted by molar-refractivity contribution is 0.146. The van der Waals surface area contributed by atoms with Gasteiger partial charge in [-0.15, -0.1) is 0 Å². The molecule has 0 aromatic heterocycles. The average molecular weight is 290 g/mol. The predicted octanol–water partition coefficient (Wildman–Crippen LogP) is 2.11. The van der Waals surface area contributed by atoms with E-state index in [1.165, 1.54) is 0 Å². The number of benzene rings is 1. The highest BCUT2D eigenvalue weighted by molar-refractivity contribution is 9.10. The number of nitrogens with two attached hydrogens (primary N) is 1. The zero-order valence-corrected chi connectivity index (χ0v) is 10.7. The van der Waals surface area contributed by atoms with Crippen molar-refractivity contribution in [3.05, 3.63) is 28.2 Å². The van der Waals surface area contributed by atoms with E-state index in [1.54, 1.807) is 7.11 Å². The van der Waals surface area contributed by atoms with E-state index in [0.717, 1.165) is 15.8 Å². The van der Waals surface area contributed by atoms with Crippen LogP contribution in [0.15, 0.2) is 22.7 Å². The summed E-state index contributed by atoms with van der Waals surface area (Å²) in [6.45, 7) is 1.09. The van der Waals surface area contributed by atoms with Crippen LogP contribution in [0, 0.1) is 0 Å². The van der Waals surface area contributed by atoms with E-state index in [4.69, 9.17) is 27.4 Å². The van der Waals surface area contributed by atoms with Gasteiger partial charge >= 0.3 is 0 Å². The summed E-state index contributed by atoms with van der Waals surface area (Å²) in [4.78, 5) is 0.366. The summed E-state index contributed by atoms with van der Waals surface area (Å²) in [5.74, 6) is 0.763. The van der Waals surface area contributed by atoms with Crippen LogP contribution in [0.2, 0.25) is 0 Å². The van der Waals surface area contributed by atoms with E-state index >= 15 is 0 Å². The molecule has 0 saturated carbocycles. The highest BCUT2D eigenvalue weighted by Crippen LogP contribution is 2.22. The van der Waals surface area contributed by atoms with Crippen molar-refractivity contribution in [2.24, 2.45) is 5.73 Å². The number of hydrogen-bond donors (Lipinski definition) is 1. The first kappa shape index (κ1) is 12.4. The Morgan fingerprint density at radius 3 is 2.73 bits per heavy atom. The van der Waals surface area contributed by atoms with Gasteiger partial charge in [-0.25, -0.2) is 0 Å². The summed E-state index contributed by atoms with van der Waals surface area (Å²) in [5, 5.41) is 0. The van der Waals surface area contributed by atoms with Crippen molar-refractivity contribution in [1.82, 2.24) is 0 Å². The molecule has 0 aliphatic carbocycles. The van der Waals surface area contributed by atoms with Gasteiger partial charge in [0.05, 0.1) is 6.61 Å². The van der Waals surface area contributed by atoms with Gasteiger partial charge in [0, 0.05) is 17.1 Å². The number of thiocarbonyl (C=S) groups is 1. The fraction of sp³-hybridized carbons (Fsp3) is 0.300. The second kappa shape index (κ2) is 6.05. The molecule has 1 aromatic carbocycles. The van der Waals surface area contributed by atoms with Crippen molar-refractivity contribution in [1.29, 1.82) is 0 Å². The maximum absolute atomic E-state index is 5.53. The standard InChI is InChI=1S/C10H12BrNO2S/c1-13-4-5-14-7-2-3-8(10(12)15)9(11)6-7/h2-3,6H,4-5H2,1H3,(H2,12,15). The van der Waals surface area contributed by atoms with E-state index in [9.17, 15) is 0 Å². The maximum Gasteiger partial charge on any atom is 0.120 e. The van der Waals surface area contributed by atoms with Gasteiger partial charge in [-0.2, -0.15) is 0 Å². The van der Waals surface area contributed by atoms with E-state index in [2.05, 4.69) is 15.9 Å². The summed E-state index contributed by atoms with van der Waals surface area (Å²) in [6, 6.07) is 5.49. The molecule has 0 radical (unpaired) electrons. The van der Waals surface area contributed by atoms with E-state index in [0.29, 0.717) is 18.2 Å². The Balaban J connectivity index is 2.69. The van der Waals surface area contributed by atoms with Crippen LogP contribution in [0.4, 0.5) is 0 Å². The molecule has 0 fully saturated rings. The molecular formula is C10H12BrNO2S. The molecule has 3 nitrogen and oxygen atoms in total. The first-order chi connectivity index (χ1) is 7.15. The van der Waals surface area contributed by atoms with Crippen molar-refractivity contribution in [3.63, 3.8) is 0 Å². The molecule has 0 bridgehead atoms. The zero-order chi connectivity index (χ0) is 11.3. The molecular weight excluding hydrogens is 278 g/mol. The van der Waals surface area contributed by atoms with Gasteiger partial charge < -0.3 is 15.2 Å². The monoisotopic (exact) mass is 289 g/mol. The zero-order valence-electron chi connectivity index (χ0n) is 8.33. The number of halogens is 1. The lowest BCUT2D eigenvalue weighted by Gasteiger charge is -2.08. The van der Waals surface area contributed by atoms with Crippen LogP contribution in [0.5, 0.6) is 5.75 Å². The number of methoxy groups -OCH3 is 1. The Hall–Kier alpha value is -0.650. The fourth-order valence-electron chi connectivity index (χ4n) is 1.03. The normalized spacial score (nSPS) is 10.0. The van der Waals surface area contributed by atoms with Crippen LogP contribution in [-0.4, -0.2) is 25.3 Å². The predicted molar refractivity (Wildman–Crippen MR) is 67.4 cm³/mol. The summed E-state index contributed by atoms with van der Waals surface area (Å²) in [6.07, 6.45) is 0. The first-order valence-corrected chi connectivity index (χ1v) is 5.56. The second-order valence-electron chi connectivity index (χ2n) is 2.85. The largest absolute Gasteiger partial charge is 0.491 e. The Morgan fingerprint density at radius 1 is 1.47 bits per heavy atom. The third-order valence-electron chi connectivity index (χ3n) is 1.76. The smallest absolute Gasteiger partial charge is 0.120 e. The van der Waals surface area contributed by atoms with Gasteiger partial charge in [-0.1, -0.05) is 12.2 Å². The molecule has 0 heterocycles. The van der Waals surface area contributed by atoms with E-state index in [-0.39, 0.29) is 0 Å². The highest BCUT2D eigenvalue weighted by Gasteiger charge is 2.04. The minimum absolute atomic E-state index is 0.366. The van der Waals surface area contributed by atoms with Gasteiger partial charge in [0.1, 0.15) is 17.3 Å². The van der Waals surface area contributed by atoms with Crippen LogP contribution in [0.3, 0.4) is 0 Å². The summed E-state index contributed by atoms with van der Waals surface area (Å²) in [7, 11) is 1.63. The minimum atomic E-state index is 0.366. The maximum atomic E-state index is 5.53. The number of ether oxygens (including phenoxy) is 2. The third kappa shape index (κ3) is 3.77. The van der Waals surface area contributed by atoms with Crippen molar-refractivity contribution in [2.45, 2.75) is 0 Å². The Bertz CT molecular complexity index is 357. The molecule has 0 amide bonds. The minimum Gasteiger partial charge on any atom is -0.491 e. The quantitative estimate of drug-likeness (QED) is 0.666. The Morgan fingerprint density at radius 2 is 2.20 bits per heavy atom.